The molecule has 19 heavy (non-hydrogen) atoms. The van der Waals surface area contributed by atoms with Crippen molar-refractivity contribution in [2.45, 2.75) is 13.1 Å². The average molecular weight is 260 g/mol. The Kier molecular flexibility index (Phi) is 4.44. The lowest BCUT2D eigenvalue weighted by atomic mass is 10.2. The lowest BCUT2D eigenvalue weighted by Crippen LogP contribution is -2.34. The normalized spacial score (nSPS) is 9.95. The van der Waals surface area contributed by atoms with E-state index < -0.39 is 0 Å². The van der Waals surface area contributed by atoms with Crippen molar-refractivity contribution in [2.75, 3.05) is 7.11 Å². The number of rotatable bonds is 5. The van der Waals surface area contributed by atoms with E-state index in [0.717, 1.165) is 17.1 Å². The van der Waals surface area contributed by atoms with E-state index in [4.69, 9.17) is 9.15 Å². The third-order valence-corrected chi connectivity index (χ3v) is 2.62. The van der Waals surface area contributed by atoms with Crippen LogP contribution in [0.25, 0.3) is 0 Å². The predicted molar refractivity (Wildman–Crippen MR) is 70.8 cm³/mol. The lowest BCUT2D eigenvalue weighted by molar-refractivity contribution is 0.239. The molecule has 0 aliphatic rings. The summed E-state index contributed by atoms with van der Waals surface area (Å²) in [5.74, 6) is 1.52. The summed E-state index contributed by atoms with van der Waals surface area (Å²) in [4.78, 5) is 11.5. The molecule has 0 saturated carbocycles. The molecule has 2 amide bonds. The monoisotopic (exact) mass is 260 g/mol. The molecular weight excluding hydrogens is 244 g/mol. The number of nitrogens with one attached hydrogen (secondary N) is 2. The van der Waals surface area contributed by atoms with Gasteiger partial charge in [-0.15, -0.1) is 0 Å². The first kappa shape index (κ1) is 13.0. The number of hydrogen-bond acceptors (Lipinski definition) is 3. The van der Waals surface area contributed by atoms with E-state index in [1.807, 2.05) is 30.3 Å². The Morgan fingerprint density at radius 1 is 1.16 bits per heavy atom. The van der Waals surface area contributed by atoms with Gasteiger partial charge in [0.15, 0.2) is 0 Å². The van der Waals surface area contributed by atoms with Crippen molar-refractivity contribution in [1.82, 2.24) is 10.6 Å². The molecule has 2 N–H and O–H groups in total. The highest BCUT2D eigenvalue weighted by molar-refractivity contribution is 5.73. The van der Waals surface area contributed by atoms with Crippen LogP contribution in [0.4, 0.5) is 4.79 Å². The van der Waals surface area contributed by atoms with Crippen molar-refractivity contribution in [3.63, 3.8) is 0 Å². The highest BCUT2D eigenvalue weighted by Crippen LogP contribution is 2.10. The predicted octanol–water partition coefficient (Wildman–Crippen LogP) is 2.29. The summed E-state index contributed by atoms with van der Waals surface area (Å²) in [6, 6.07) is 10.9. The van der Waals surface area contributed by atoms with Gasteiger partial charge >= 0.3 is 6.03 Å². The van der Waals surface area contributed by atoms with Gasteiger partial charge in [-0.05, 0) is 29.8 Å². The summed E-state index contributed by atoms with van der Waals surface area (Å²) in [6.07, 6.45) is 1.58. The fourth-order valence-electron chi connectivity index (χ4n) is 1.57. The molecule has 0 spiro atoms. The number of urea groups is 1. The number of hydrogen-bond donors (Lipinski definition) is 2. The molecule has 1 heterocycles. The zero-order valence-corrected chi connectivity index (χ0v) is 10.7. The molecule has 1 aromatic heterocycles. The summed E-state index contributed by atoms with van der Waals surface area (Å²) < 4.78 is 10.2. The van der Waals surface area contributed by atoms with E-state index in [-0.39, 0.29) is 6.03 Å². The summed E-state index contributed by atoms with van der Waals surface area (Å²) in [5, 5.41) is 5.48. The van der Waals surface area contributed by atoms with Crippen LogP contribution in [0, 0.1) is 0 Å². The number of carbonyl (C=O) groups is 1. The Balaban J connectivity index is 1.73. The molecule has 0 atom stereocenters. The molecule has 1 aromatic carbocycles. The summed E-state index contributed by atoms with van der Waals surface area (Å²) >= 11 is 0. The van der Waals surface area contributed by atoms with Crippen molar-refractivity contribution in [2.24, 2.45) is 0 Å². The molecule has 0 saturated heterocycles. The minimum Gasteiger partial charge on any atom is -0.497 e. The molecule has 2 aromatic rings. The molecule has 5 heteroatoms. The fourth-order valence-corrected chi connectivity index (χ4v) is 1.57. The van der Waals surface area contributed by atoms with E-state index in [2.05, 4.69) is 10.6 Å². The summed E-state index contributed by atoms with van der Waals surface area (Å²) in [6.45, 7) is 0.843. The van der Waals surface area contributed by atoms with Gasteiger partial charge in [0.25, 0.3) is 0 Å². The van der Waals surface area contributed by atoms with Crippen LogP contribution in [0.1, 0.15) is 11.3 Å². The van der Waals surface area contributed by atoms with Crippen molar-refractivity contribution in [3.05, 3.63) is 54.0 Å². The zero-order chi connectivity index (χ0) is 13.5. The second kappa shape index (κ2) is 6.49. The fraction of sp³-hybridized carbons (Fsp3) is 0.214. The quantitative estimate of drug-likeness (QED) is 0.867. The molecule has 0 aliphatic heterocycles. The molecule has 5 nitrogen and oxygen atoms in total. The van der Waals surface area contributed by atoms with Gasteiger partial charge in [0, 0.05) is 6.54 Å². The second-order valence-electron chi connectivity index (χ2n) is 3.96. The van der Waals surface area contributed by atoms with Crippen LogP contribution in [-0.2, 0) is 13.1 Å². The Morgan fingerprint density at radius 3 is 2.53 bits per heavy atom. The first-order valence-electron chi connectivity index (χ1n) is 5.95. The van der Waals surface area contributed by atoms with Gasteiger partial charge in [-0.2, -0.15) is 0 Å². The van der Waals surface area contributed by atoms with Crippen LogP contribution in [0.2, 0.25) is 0 Å². The van der Waals surface area contributed by atoms with Crippen molar-refractivity contribution in [1.29, 1.82) is 0 Å². The molecular formula is C14H16N2O3. The van der Waals surface area contributed by atoms with Crippen LogP contribution >= 0.6 is 0 Å². The van der Waals surface area contributed by atoms with Gasteiger partial charge in [0.1, 0.15) is 11.5 Å². The van der Waals surface area contributed by atoms with Gasteiger partial charge in [-0.3, -0.25) is 0 Å². The highest BCUT2D eigenvalue weighted by Gasteiger charge is 2.02. The molecule has 0 radical (unpaired) electrons. The third-order valence-electron chi connectivity index (χ3n) is 2.62. The van der Waals surface area contributed by atoms with E-state index in [1.165, 1.54) is 0 Å². The lowest BCUT2D eigenvalue weighted by Gasteiger charge is -2.07. The first-order valence-corrected chi connectivity index (χ1v) is 5.95. The Labute approximate surface area is 111 Å². The number of amides is 2. The van der Waals surface area contributed by atoms with E-state index >= 15 is 0 Å². The second-order valence-corrected chi connectivity index (χ2v) is 3.96. The highest BCUT2D eigenvalue weighted by atomic mass is 16.5. The van der Waals surface area contributed by atoms with Gasteiger partial charge in [0.2, 0.25) is 0 Å². The Bertz CT molecular complexity index is 506. The molecule has 0 unspecified atom stereocenters. The smallest absolute Gasteiger partial charge is 0.315 e. The maximum atomic E-state index is 11.5. The minimum absolute atomic E-state index is 0.229. The van der Waals surface area contributed by atoms with Crippen LogP contribution in [-0.4, -0.2) is 13.1 Å². The van der Waals surface area contributed by atoms with Crippen molar-refractivity contribution >= 4 is 6.03 Å². The Hall–Kier alpha value is -2.43. The summed E-state index contributed by atoms with van der Waals surface area (Å²) in [5.41, 5.74) is 1.01. The van der Waals surface area contributed by atoms with Crippen molar-refractivity contribution in [3.8, 4) is 5.75 Å². The van der Waals surface area contributed by atoms with Crippen LogP contribution in [0.5, 0.6) is 5.75 Å². The average Bonchev–Trinajstić information content (AvgIpc) is 2.96. The van der Waals surface area contributed by atoms with E-state index in [1.54, 1.807) is 19.4 Å². The van der Waals surface area contributed by atoms with E-state index in [0.29, 0.717) is 13.1 Å². The number of carbonyl (C=O) groups excluding carboxylic acids is 1. The van der Waals surface area contributed by atoms with Crippen LogP contribution in [0.3, 0.4) is 0 Å². The SMILES string of the molecule is COc1ccc(CNC(=O)NCc2ccco2)cc1. The van der Waals surface area contributed by atoms with Gasteiger partial charge < -0.3 is 19.8 Å². The number of benzene rings is 1. The van der Waals surface area contributed by atoms with E-state index in [9.17, 15) is 4.79 Å². The van der Waals surface area contributed by atoms with Crippen LogP contribution < -0.4 is 15.4 Å². The Morgan fingerprint density at radius 2 is 1.89 bits per heavy atom. The third kappa shape index (κ3) is 4.06. The molecule has 0 aliphatic carbocycles. The number of ether oxygens (including phenoxy) is 1. The number of furan rings is 1. The largest absolute Gasteiger partial charge is 0.497 e. The maximum absolute atomic E-state index is 11.5. The molecule has 0 bridgehead atoms. The molecule has 2 rings (SSSR count). The zero-order valence-electron chi connectivity index (χ0n) is 10.7. The topological polar surface area (TPSA) is 63.5 Å². The minimum atomic E-state index is -0.229. The molecule has 0 fully saturated rings. The first-order chi connectivity index (χ1) is 9.28. The maximum Gasteiger partial charge on any atom is 0.315 e. The van der Waals surface area contributed by atoms with Gasteiger partial charge in [-0.25, -0.2) is 4.79 Å². The number of methoxy groups -OCH3 is 1. The standard InChI is InChI=1S/C14H16N2O3/c1-18-12-6-4-11(5-7-12)9-15-14(17)16-10-13-3-2-8-19-13/h2-8H,9-10H2,1H3,(H2,15,16,17). The van der Waals surface area contributed by atoms with Gasteiger partial charge in [-0.1, -0.05) is 12.1 Å². The van der Waals surface area contributed by atoms with Crippen LogP contribution in [0.15, 0.2) is 47.1 Å². The molecule has 100 valence electrons. The summed E-state index contributed by atoms with van der Waals surface area (Å²) in [7, 11) is 1.62. The van der Waals surface area contributed by atoms with Gasteiger partial charge in [0.05, 0.1) is 19.9 Å². The van der Waals surface area contributed by atoms with Crippen molar-refractivity contribution < 1.29 is 13.9 Å².